The molecule has 7 nitrogen and oxygen atoms in total. The van der Waals surface area contributed by atoms with Crippen molar-refractivity contribution >= 4 is 11.9 Å². The van der Waals surface area contributed by atoms with Crippen molar-refractivity contribution in [3.05, 3.63) is 83.9 Å². The van der Waals surface area contributed by atoms with Gasteiger partial charge in [-0.1, -0.05) is 36.4 Å². The van der Waals surface area contributed by atoms with Crippen LogP contribution in [0.2, 0.25) is 0 Å². The molecule has 160 valence electrons. The SMILES string of the molecule is COc1cc(OC)cc(C(=O)NCC(=O)OCc2ccccc2Oc2ccccc2)c1. The molecule has 0 bridgehead atoms. The molecule has 0 aliphatic carbocycles. The molecule has 3 aromatic rings. The first-order chi connectivity index (χ1) is 15.1. The van der Waals surface area contributed by atoms with Crippen LogP contribution in [0, 0.1) is 0 Å². The predicted molar refractivity (Wildman–Crippen MR) is 115 cm³/mol. The highest BCUT2D eigenvalue weighted by molar-refractivity contribution is 5.96. The molecule has 0 saturated carbocycles. The number of carbonyl (C=O) groups excluding carboxylic acids is 2. The maximum Gasteiger partial charge on any atom is 0.325 e. The summed E-state index contributed by atoms with van der Waals surface area (Å²) in [5, 5.41) is 2.54. The summed E-state index contributed by atoms with van der Waals surface area (Å²) >= 11 is 0. The normalized spacial score (nSPS) is 10.1. The van der Waals surface area contributed by atoms with E-state index < -0.39 is 11.9 Å². The van der Waals surface area contributed by atoms with Crippen LogP contribution in [0.4, 0.5) is 0 Å². The lowest BCUT2D eigenvalue weighted by molar-refractivity contribution is -0.143. The number of para-hydroxylation sites is 2. The lowest BCUT2D eigenvalue weighted by atomic mass is 10.2. The average molecular weight is 421 g/mol. The summed E-state index contributed by atoms with van der Waals surface area (Å²) in [4.78, 5) is 24.5. The molecule has 7 heteroatoms. The second kappa shape index (κ2) is 10.7. The van der Waals surface area contributed by atoms with Crippen molar-refractivity contribution < 1.29 is 28.5 Å². The zero-order valence-electron chi connectivity index (χ0n) is 17.3. The van der Waals surface area contributed by atoms with E-state index in [1.165, 1.54) is 14.2 Å². The van der Waals surface area contributed by atoms with Crippen molar-refractivity contribution in [3.8, 4) is 23.0 Å². The highest BCUT2D eigenvalue weighted by Gasteiger charge is 2.13. The number of methoxy groups -OCH3 is 2. The molecular formula is C24H23NO6. The summed E-state index contributed by atoms with van der Waals surface area (Å²) in [5.74, 6) is 1.21. The minimum atomic E-state index is -0.572. The average Bonchev–Trinajstić information content (AvgIpc) is 2.82. The summed E-state index contributed by atoms with van der Waals surface area (Å²) in [6.45, 7) is -0.259. The number of esters is 1. The fraction of sp³-hybridized carbons (Fsp3) is 0.167. The van der Waals surface area contributed by atoms with Gasteiger partial charge in [0.15, 0.2) is 0 Å². The van der Waals surface area contributed by atoms with E-state index in [9.17, 15) is 9.59 Å². The van der Waals surface area contributed by atoms with Gasteiger partial charge in [0.05, 0.1) is 14.2 Å². The van der Waals surface area contributed by atoms with Crippen LogP contribution in [0.5, 0.6) is 23.0 Å². The van der Waals surface area contributed by atoms with Crippen molar-refractivity contribution in [2.24, 2.45) is 0 Å². The van der Waals surface area contributed by atoms with Gasteiger partial charge in [0.1, 0.15) is 36.1 Å². The molecule has 0 fully saturated rings. The molecule has 0 aliphatic heterocycles. The smallest absolute Gasteiger partial charge is 0.325 e. The lowest BCUT2D eigenvalue weighted by Crippen LogP contribution is -2.30. The van der Waals surface area contributed by atoms with Gasteiger partial charge in [-0.2, -0.15) is 0 Å². The van der Waals surface area contributed by atoms with Gasteiger partial charge in [0.2, 0.25) is 0 Å². The Bertz CT molecular complexity index is 1010. The highest BCUT2D eigenvalue weighted by atomic mass is 16.5. The van der Waals surface area contributed by atoms with Crippen LogP contribution in [0.15, 0.2) is 72.8 Å². The van der Waals surface area contributed by atoms with E-state index in [4.69, 9.17) is 18.9 Å². The van der Waals surface area contributed by atoms with E-state index >= 15 is 0 Å². The maximum atomic E-state index is 12.4. The van der Waals surface area contributed by atoms with E-state index in [0.29, 0.717) is 34.1 Å². The molecule has 0 saturated heterocycles. The van der Waals surface area contributed by atoms with E-state index in [1.807, 2.05) is 48.5 Å². The predicted octanol–water partition coefficient (Wildman–Crippen LogP) is 3.97. The summed E-state index contributed by atoms with van der Waals surface area (Å²) in [6, 6.07) is 21.4. The summed E-state index contributed by atoms with van der Waals surface area (Å²) < 4.78 is 21.5. The zero-order valence-corrected chi connectivity index (χ0v) is 17.3. The molecule has 0 aliphatic rings. The van der Waals surface area contributed by atoms with Crippen molar-refractivity contribution in [2.45, 2.75) is 6.61 Å². The number of amides is 1. The molecule has 31 heavy (non-hydrogen) atoms. The fourth-order valence-electron chi connectivity index (χ4n) is 2.74. The lowest BCUT2D eigenvalue weighted by Gasteiger charge is -2.12. The fourth-order valence-corrected chi connectivity index (χ4v) is 2.74. The molecule has 1 amide bonds. The topological polar surface area (TPSA) is 83.1 Å². The monoisotopic (exact) mass is 421 g/mol. The highest BCUT2D eigenvalue weighted by Crippen LogP contribution is 2.25. The Morgan fingerprint density at radius 2 is 1.45 bits per heavy atom. The first-order valence-corrected chi connectivity index (χ1v) is 9.56. The largest absolute Gasteiger partial charge is 0.497 e. The third kappa shape index (κ3) is 6.24. The van der Waals surface area contributed by atoms with Crippen LogP contribution in [-0.2, 0) is 16.1 Å². The molecule has 3 rings (SSSR count). The van der Waals surface area contributed by atoms with E-state index in [-0.39, 0.29) is 13.2 Å². The van der Waals surface area contributed by atoms with Crippen molar-refractivity contribution in [3.63, 3.8) is 0 Å². The summed E-state index contributed by atoms with van der Waals surface area (Å²) in [5.41, 5.74) is 1.02. The van der Waals surface area contributed by atoms with Gasteiger partial charge in [-0.05, 0) is 30.3 Å². The summed E-state index contributed by atoms with van der Waals surface area (Å²) in [6.07, 6.45) is 0. The number of hydrogen-bond acceptors (Lipinski definition) is 6. The minimum Gasteiger partial charge on any atom is -0.497 e. The van der Waals surface area contributed by atoms with Gasteiger partial charge < -0.3 is 24.3 Å². The van der Waals surface area contributed by atoms with Crippen LogP contribution in [0.25, 0.3) is 0 Å². The zero-order chi connectivity index (χ0) is 22.1. The van der Waals surface area contributed by atoms with E-state index in [2.05, 4.69) is 5.32 Å². The van der Waals surface area contributed by atoms with Gasteiger partial charge in [-0.3, -0.25) is 9.59 Å². The van der Waals surface area contributed by atoms with Gasteiger partial charge in [-0.15, -0.1) is 0 Å². The molecule has 0 spiro atoms. The molecule has 0 radical (unpaired) electrons. The molecule has 3 aromatic carbocycles. The second-order valence-corrected chi connectivity index (χ2v) is 6.47. The Morgan fingerprint density at radius 3 is 2.13 bits per heavy atom. The van der Waals surface area contributed by atoms with Crippen LogP contribution in [0.3, 0.4) is 0 Å². The number of ether oxygens (including phenoxy) is 4. The Hall–Kier alpha value is -4.00. The summed E-state index contributed by atoms with van der Waals surface area (Å²) in [7, 11) is 2.99. The minimum absolute atomic E-state index is 0.0185. The van der Waals surface area contributed by atoms with Crippen LogP contribution < -0.4 is 19.5 Å². The van der Waals surface area contributed by atoms with Gasteiger partial charge in [0, 0.05) is 17.2 Å². The van der Waals surface area contributed by atoms with E-state index in [0.717, 1.165) is 0 Å². The molecule has 1 N–H and O–H groups in total. The third-order valence-electron chi connectivity index (χ3n) is 4.34. The Kier molecular flexibility index (Phi) is 7.48. The third-order valence-corrected chi connectivity index (χ3v) is 4.34. The van der Waals surface area contributed by atoms with Crippen molar-refractivity contribution in [1.82, 2.24) is 5.32 Å². The molecule has 0 heterocycles. The van der Waals surface area contributed by atoms with Gasteiger partial charge in [0.25, 0.3) is 5.91 Å². The molecule has 0 atom stereocenters. The maximum absolute atomic E-state index is 12.4. The standard InChI is InChI=1S/C24H23NO6/c1-28-20-12-18(13-21(14-20)29-2)24(27)25-15-23(26)30-16-17-8-6-7-11-22(17)31-19-9-4-3-5-10-19/h3-14H,15-16H2,1-2H3,(H,25,27). The molecular weight excluding hydrogens is 398 g/mol. The molecule has 0 unspecified atom stereocenters. The second-order valence-electron chi connectivity index (χ2n) is 6.47. The first-order valence-electron chi connectivity index (χ1n) is 9.56. The Labute approximate surface area is 180 Å². The number of rotatable bonds is 9. The van der Waals surface area contributed by atoms with E-state index in [1.54, 1.807) is 24.3 Å². The van der Waals surface area contributed by atoms with Gasteiger partial charge in [-0.25, -0.2) is 0 Å². The number of benzene rings is 3. The van der Waals surface area contributed by atoms with Crippen LogP contribution >= 0.6 is 0 Å². The van der Waals surface area contributed by atoms with Crippen LogP contribution in [-0.4, -0.2) is 32.6 Å². The van der Waals surface area contributed by atoms with Crippen LogP contribution in [0.1, 0.15) is 15.9 Å². The van der Waals surface area contributed by atoms with Crippen molar-refractivity contribution in [1.29, 1.82) is 0 Å². The van der Waals surface area contributed by atoms with Gasteiger partial charge >= 0.3 is 5.97 Å². The van der Waals surface area contributed by atoms with Crippen molar-refractivity contribution in [2.75, 3.05) is 20.8 Å². The Balaban J connectivity index is 1.55. The Morgan fingerprint density at radius 1 is 0.806 bits per heavy atom. The number of carbonyl (C=O) groups is 2. The first kappa shape index (κ1) is 21.7. The number of hydrogen-bond donors (Lipinski definition) is 1. The quantitative estimate of drug-likeness (QED) is 0.527. The number of nitrogens with one attached hydrogen (secondary N) is 1. The molecule has 0 aromatic heterocycles.